The van der Waals surface area contributed by atoms with Crippen molar-refractivity contribution in [3.05, 3.63) is 0 Å². The molecule has 2 atom stereocenters. The molecule has 3 aliphatic heterocycles. The lowest BCUT2D eigenvalue weighted by molar-refractivity contribution is -0.143. The maximum Gasteiger partial charge on any atom is 0.319 e. The topological polar surface area (TPSA) is 87.2 Å². The van der Waals surface area contributed by atoms with E-state index in [9.17, 15) is 18.0 Å². The zero-order valence-corrected chi connectivity index (χ0v) is 15.0. The van der Waals surface area contributed by atoms with Crippen LogP contribution in [0.2, 0.25) is 0 Å². The minimum Gasteiger partial charge on any atom is -0.381 e. The third kappa shape index (κ3) is 3.23. The van der Waals surface area contributed by atoms with Gasteiger partial charge >= 0.3 is 6.03 Å². The lowest BCUT2D eigenvalue weighted by Crippen LogP contribution is -2.64. The van der Waals surface area contributed by atoms with Gasteiger partial charge in [0.25, 0.3) is 0 Å². The first kappa shape index (κ1) is 17.5. The molecule has 0 saturated carbocycles. The minimum atomic E-state index is -3.25. The van der Waals surface area contributed by atoms with Crippen LogP contribution in [0.4, 0.5) is 4.79 Å². The first-order valence-corrected chi connectivity index (χ1v) is 10.2. The second-order valence-corrected chi connectivity index (χ2v) is 9.15. The Morgan fingerprint density at radius 3 is 2.12 bits per heavy atom. The van der Waals surface area contributed by atoms with E-state index in [2.05, 4.69) is 0 Å². The number of rotatable bonds is 1. The SMILES string of the molecule is CN(C)C(=O)N1CCN(C(=O)C2CCOCC2)[C@H]2CS(=O)(=O)C[C@H]21. The van der Waals surface area contributed by atoms with Gasteiger partial charge in [-0.3, -0.25) is 4.79 Å². The Balaban J connectivity index is 1.81. The zero-order valence-electron chi connectivity index (χ0n) is 14.2. The monoisotopic (exact) mass is 359 g/mol. The van der Waals surface area contributed by atoms with Crippen molar-refractivity contribution in [3.63, 3.8) is 0 Å². The van der Waals surface area contributed by atoms with Crippen molar-refractivity contribution in [2.24, 2.45) is 5.92 Å². The number of carbonyl (C=O) groups is 2. The van der Waals surface area contributed by atoms with Crippen LogP contribution in [0, 0.1) is 5.92 Å². The predicted octanol–water partition coefficient (Wildman–Crippen LogP) is -0.596. The standard InChI is InChI=1S/C15H25N3O5S/c1-16(2)15(20)18-6-5-17(12-9-24(21,22)10-13(12)18)14(19)11-3-7-23-8-4-11/h11-13H,3-10H2,1-2H3/t12-,13+/m0/s1. The van der Waals surface area contributed by atoms with Gasteiger partial charge in [-0.1, -0.05) is 0 Å². The minimum absolute atomic E-state index is 0.0161. The van der Waals surface area contributed by atoms with E-state index in [1.165, 1.54) is 4.90 Å². The summed E-state index contributed by atoms with van der Waals surface area (Å²) in [6, 6.07) is -1.06. The molecule has 24 heavy (non-hydrogen) atoms. The molecule has 0 aromatic carbocycles. The Bertz CT molecular complexity index is 615. The summed E-state index contributed by atoms with van der Waals surface area (Å²) in [5.41, 5.74) is 0. The number of carbonyl (C=O) groups excluding carboxylic acids is 2. The summed E-state index contributed by atoms with van der Waals surface area (Å²) in [6.07, 6.45) is 1.36. The van der Waals surface area contributed by atoms with E-state index < -0.39 is 21.9 Å². The van der Waals surface area contributed by atoms with Gasteiger partial charge in [0.05, 0.1) is 23.6 Å². The fourth-order valence-electron chi connectivity index (χ4n) is 3.90. The highest BCUT2D eigenvalue weighted by Gasteiger charge is 2.50. The molecule has 0 N–H and O–H groups in total. The number of piperazine rings is 1. The number of ether oxygens (including phenoxy) is 1. The van der Waals surface area contributed by atoms with E-state index in [0.717, 1.165) is 0 Å². The Morgan fingerprint density at radius 1 is 1.00 bits per heavy atom. The molecule has 3 rings (SSSR count). The molecule has 3 heterocycles. The molecule has 3 amide bonds. The van der Waals surface area contributed by atoms with Gasteiger partial charge in [-0.15, -0.1) is 0 Å². The molecule has 0 spiro atoms. The van der Waals surface area contributed by atoms with Gasteiger partial charge < -0.3 is 19.4 Å². The molecular formula is C15H25N3O5S. The van der Waals surface area contributed by atoms with E-state index in [1.807, 2.05) is 0 Å². The van der Waals surface area contributed by atoms with Crippen molar-refractivity contribution in [2.75, 3.05) is 51.9 Å². The third-order valence-electron chi connectivity index (χ3n) is 5.16. The molecule has 3 aliphatic rings. The highest BCUT2D eigenvalue weighted by atomic mass is 32.2. The van der Waals surface area contributed by atoms with Crippen LogP contribution in [-0.2, 0) is 19.4 Å². The number of nitrogens with zero attached hydrogens (tertiary/aromatic N) is 3. The van der Waals surface area contributed by atoms with Crippen molar-refractivity contribution in [2.45, 2.75) is 24.9 Å². The van der Waals surface area contributed by atoms with E-state index in [4.69, 9.17) is 4.74 Å². The fraction of sp³-hybridized carbons (Fsp3) is 0.867. The second-order valence-electron chi connectivity index (χ2n) is 7.00. The second kappa shape index (κ2) is 6.51. The predicted molar refractivity (Wildman–Crippen MR) is 87.3 cm³/mol. The molecule has 0 radical (unpaired) electrons. The van der Waals surface area contributed by atoms with E-state index in [1.54, 1.807) is 23.9 Å². The number of sulfone groups is 1. The highest BCUT2D eigenvalue weighted by molar-refractivity contribution is 7.91. The number of hydrogen-bond donors (Lipinski definition) is 0. The average Bonchev–Trinajstić information content (AvgIpc) is 2.88. The average molecular weight is 359 g/mol. The first-order valence-electron chi connectivity index (χ1n) is 8.37. The molecular weight excluding hydrogens is 334 g/mol. The fourth-order valence-corrected chi connectivity index (χ4v) is 5.88. The lowest BCUT2D eigenvalue weighted by atomic mass is 9.95. The van der Waals surface area contributed by atoms with Crippen molar-refractivity contribution in [1.29, 1.82) is 0 Å². The van der Waals surface area contributed by atoms with Crippen LogP contribution >= 0.6 is 0 Å². The molecule has 0 aromatic heterocycles. The van der Waals surface area contributed by atoms with Gasteiger partial charge in [-0.05, 0) is 12.8 Å². The van der Waals surface area contributed by atoms with E-state index in [-0.39, 0.29) is 29.4 Å². The van der Waals surface area contributed by atoms with Gasteiger partial charge in [0, 0.05) is 46.3 Å². The van der Waals surface area contributed by atoms with Gasteiger partial charge in [-0.2, -0.15) is 0 Å². The summed E-state index contributed by atoms with van der Waals surface area (Å²) in [6.45, 7) is 1.92. The van der Waals surface area contributed by atoms with Gasteiger partial charge in [-0.25, -0.2) is 13.2 Å². The molecule has 0 bridgehead atoms. The first-order chi connectivity index (χ1) is 11.3. The van der Waals surface area contributed by atoms with Crippen molar-refractivity contribution < 1.29 is 22.7 Å². The Kier molecular flexibility index (Phi) is 4.74. The molecule has 0 aliphatic carbocycles. The van der Waals surface area contributed by atoms with Crippen LogP contribution in [0.15, 0.2) is 0 Å². The Morgan fingerprint density at radius 2 is 1.54 bits per heavy atom. The van der Waals surface area contributed by atoms with Crippen molar-refractivity contribution in [3.8, 4) is 0 Å². The Labute approximate surface area is 142 Å². The largest absolute Gasteiger partial charge is 0.381 e. The molecule has 136 valence electrons. The smallest absolute Gasteiger partial charge is 0.319 e. The molecule has 9 heteroatoms. The van der Waals surface area contributed by atoms with Crippen LogP contribution in [0.1, 0.15) is 12.8 Å². The van der Waals surface area contributed by atoms with Crippen molar-refractivity contribution >= 4 is 21.8 Å². The number of fused-ring (bicyclic) bond motifs is 1. The zero-order chi connectivity index (χ0) is 17.5. The summed E-state index contributed by atoms with van der Waals surface area (Å²) in [4.78, 5) is 30.0. The quantitative estimate of drug-likeness (QED) is 0.624. The van der Waals surface area contributed by atoms with E-state index >= 15 is 0 Å². The molecule has 3 saturated heterocycles. The van der Waals surface area contributed by atoms with Gasteiger partial charge in [0.1, 0.15) is 0 Å². The highest BCUT2D eigenvalue weighted by Crippen LogP contribution is 2.30. The molecule has 8 nitrogen and oxygen atoms in total. The van der Waals surface area contributed by atoms with Gasteiger partial charge in [0.2, 0.25) is 5.91 Å². The molecule has 0 unspecified atom stereocenters. The summed E-state index contributed by atoms with van der Waals surface area (Å²) in [5, 5.41) is 0. The normalized spacial score (nSPS) is 30.1. The number of amides is 3. The van der Waals surface area contributed by atoms with Crippen LogP contribution in [0.5, 0.6) is 0 Å². The molecule has 3 fully saturated rings. The van der Waals surface area contributed by atoms with Crippen LogP contribution in [0.3, 0.4) is 0 Å². The van der Waals surface area contributed by atoms with Crippen LogP contribution < -0.4 is 0 Å². The summed E-state index contributed by atoms with van der Waals surface area (Å²) >= 11 is 0. The summed E-state index contributed by atoms with van der Waals surface area (Å²) in [5.74, 6) is -0.195. The Hall–Kier alpha value is -1.35. The molecule has 0 aromatic rings. The number of hydrogen-bond acceptors (Lipinski definition) is 5. The van der Waals surface area contributed by atoms with E-state index in [0.29, 0.717) is 39.1 Å². The van der Waals surface area contributed by atoms with Crippen molar-refractivity contribution in [1.82, 2.24) is 14.7 Å². The maximum absolute atomic E-state index is 12.9. The summed E-state index contributed by atoms with van der Waals surface area (Å²) < 4.78 is 29.6. The van der Waals surface area contributed by atoms with Crippen LogP contribution in [-0.4, -0.2) is 99.0 Å². The summed E-state index contributed by atoms with van der Waals surface area (Å²) in [7, 11) is 0.0571. The van der Waals surface area contributed by atoms with Gasteiger partial charge in [0.15, 0.2) is 9.84 Å². The lowest BCUT2D eigenvalue weighted by Gasteiger charge is -2.45. The maximum atomic E-state index is 12.9. The third-order valence-corrected chi connectivity index (χ3v) is 6.86. The number of urea groups is 1. The van der Waals surface area contributed by atoms with Crippen LogP contribution in [0.25, 0.3) is 0 Å².